The SMILES string of the molecule is O=C(C[C@@H]1NC(=O)c2ccccc2NC1=O)NCCn1ccc2ccccc21. The fraction of sp³-hybridized carbons (Fsp3) is 0.190. The summed E-state index contributed by atoms with van der Waals surface area (Å²) in [5, 5.41) is 9.29. The van der Waals surface area contributed by atoms with Crippen LogP contribution in [-0.4, -0.2) is 34.9 Å². The maximum atomic E-state index is 12.4. The van der Waals surface area contributed by atoms with Crippen LogP contribution < -0.4 is 16.0 Å². The molecule has 0 unspecified atom stereocenters. The van der Waals surface area contributed by atoms with Gasteiger partial charge in [0, 0.05) is 24.8 Å². The third-order valence-electron chi connectivity index (χ3n) is 4.80. The van der Waals surface area contributed by atoms with Gasteiger partial charge in [-0.15, -0.1) is 0 Å². The zero-order chi connectivity index (χ0) is 19.5. The Morgan fingerprint density at radius 3 is 2.71 bits per heavy atom. The van der Waals surface area contributed by atoms with E-state index in [1.807, 2.05) is 36.5 Å². The van der Waals surface area contributed by atoms with Gasteiger partial charge in [-0.05, 0) is 29.7 Å². The Kier molecular flexibility index (Phi) is 4.80. The molecular weight excluding hydrogens is 356 g/mol. The molecule has 0 spiro atoms. The van der Waals surface area contributed by atoms with Crippen LogP contribution in [0.15, 0.2) is 60.8 Å². The number of aromatic nitrogens is 1. The molecule has 1 aliphatic heterocycles. The minimum atomic E-state index is -0.910. The van der Waals surface area contributed by atoms with E-state index in [1.54, 1.807) is 24.3 Å². The summed E-state index contributed by atoms with van der Waals surface area (Å²) >= 11 is 0. The van der Waals surface area contributed by atoms with Crippen LogP contribution >= 0.6 is 0 Å². The standard InChI is InChI=1S/C21H20N4O3/c26-19(22-10-12-25-11-9-14-5-1-4-8-18(14)25)13-17-21(28)23-16-7-3-2-6-15(16)20(27)24-17/h1-9,11,17H,10,12-13H2,(H,22,26)(H,23,28)(H,24,27)/t17-/m0/s1. The van der Waals surface area contributed by atoms with Gasteiger partial charge in [-0.2, -0.15) is 0 Å². The van der Waals surface area contributed by atoms with Gasteiger partial charge in [0.05, 0.1) is 17.7 Å². The molecule has 4 rings (SSSR count). The van der Waals surface area contributed by atoms with Crippen molar-refractivity contribution in [2.45, 2.75) is 19.0 Å². The lowest BCUT2D eigenvalue weighted by Gasteiger charge is -2.14. The minimum absolute atomic E-state index is 0.113. The van der Waals surface area contributed by atoms with Gasteiger partial charge in [0.25, 0.3) is 5.91 Å². The van der Waals surface area contributed by atoms with Gasteiger partial charge in [-0.1, -0.05) is 30.3 Å². The van der Waals surface area contributed by atoms with Gasteiger partial charge in [0.15, 0.2) is 0 Å². The van der Waals surface area contributed by atoms with Crippen molar-refractivity contribution in [1.82, 2.24) is 15.2 Å². The first-order valence-electron chi connectivity index (χ1n) is 9.13. The van der Waals surface area contributed by atoms with E-state index >= 15 is 0 Å². The Morgan fingerprint density at radius 1 is 1.04 bits per heavy atom. The predicted octanol–water partition coefficient (Wildman–Crippen LogP) is 1.90. The summed E-state index contributed by atoms with van der Waals surface area (Å²) in [4.78, 5) is 36.9. The van der Waals surface area contributed by atoms with Gasteiger partial charge in [-0.25, -0.2) is 0 Å². The number of nitrogens with one attached hydrogen (secondary N) is 3. The summed E-state index contributed by atoms with van der Waals surface area (Å²) in [6.07, 6.45) is 1.87. The molecule has 0 saturated heterocycles. The van der Waals surface area contributed by atoms with E-state index in [1.165, 1.54) is 0 Å². The Hall–Kier alpha value is -3.61. The molecule has 7 nitrogen and oxygen atoms in total. The molecule has 0 saturated carbocycles. The van der Waals surface area contributed by atoms with E-state index in [0.29, 0.717) is 24.3 Å². The normalized spacial score (nSPS) is 16.1. The fourth-order valence-corrected chi connectivity index (χ4v) is 3.36. The molecule has 2 aromatic carbocycles. The van der Waals surface area contributed by atoms with Gasteiger partial charge < -0.3 is 20.5 Å². The number of carbonyl (C=O) groups is 3. The Bertz CT molecular complexity index is 1060. The van der Waals surface area contributed by atoms with E-state index < -0.39 is 11.9 Å². The molecule has 3 amide bonds. The largest absolute Gasteiger partial charge is 0.354 e. The lowest BCUT2D eigenvalue weighted by molar-refractivity contribution is -0.125. The lowest BCUT2D eigenvalue weighted by Crippen LogP contribution is -2.44. The van der Waals surface area contributed by atoms with Crippen molar-refractivity contribution in [2.75, 3.05) is 11.9 Å². The predicted molar refractivity (Wildman–Crippen MR) is 106 cm³/mol. The maximum Gasteiger partial charge on any atom is 0.254 e. The van der Waals surface area contributed by atoms with Crippen LogP contribution in [-0.2, 0) is 16.1 Å². The third kappa shape index (κ3) is 3.59. The molecular formula is C21H20N4O3. The van der Waals surface area contributed by atoms with Crippen molar-refractivity contribution in [1.29, 1.82) is 0 Å². The van der Waals surface area contributed by atoms with Gasteiger partial charge in [0.1, 0.15) is 6.04 Å². The van der Waals surface area contributed by atoms with Crippen LogP contribution in [0.25, 0.3) is 10.9 Å². The molecule has 1 atom stereocenters. The first kappa shape index (κ1) is 17.8. The zero-order valence-corrected chi connectivity index (χ0v) is 15.1. The van der Waals surface area contributed by atoms with Crippen LogP contribution in [0.3, 0.4) is 0 Å². The molecule has 0 aliphatic carbocycles. The monoisotopic (exact) mass is 376 g/mol. The number of para-hydroxylation sites is 2. The number of amides is 3. The topological polar surface area (TPSA) is 92.2 Å². The van der Waals surface area contributed by atoms with E-state index in [2.05, 4.69) is 20.5 Å². The Balaban J connectivity index is 1.34. The van der Waals surface area contributed by atoms with Crippen molar-refractivity contribution in [3.05, 3.63) is 66.4 Å². The first-order chi connectivity index (χ1) is 13.6. The molecule has 28 heavy (non-hydrogen) atoms. The summed E-state index contributed by atoms with van der Waals surface area (Å²) in [6.45, 7) is 1.05. The molecule has 142 valence electrons. The summed E-state index contributed by atoms with van der Waals surface area (Å²) < 4.78 is 2.06. The van der Waals surface area contributed by atoms with Gasteiger partial charge in [0.2, 0.25) is 11.8 Å². The number of nitrogens with zero attached hydrogens (tertiary/aromatic N) is 1. The molecule has 0 fully saturated rings. The number of carbonyl (C=O) groups excluding carboxylic acids is 3. The summed E-state index contributed by atoms with van der Waals surface area (Å²) in [5.41, 5.74) is 1.94. The van der Waals surface area contributed by atoms with E-state index in [-0.39, 0.29) is 18.2 Å². The molecule has 1 aromatic heterocycles. The summed E-state index contributed by atoms with van der Waals surface area (Å²) in [7, 11) is 0. The smallest absolute Gasteiger partial charge is 0.254 e. The summed E-state index contributed by atoms with van der Waals surface area (Å²) in [6, 6.07) is 15.9. The maximum absolute atomic E-state index is 12.4. The average Bonchev–Trinajstić information content (AvgIpc) is 3.06. The van der Waals surface area contributed by atoms with Gasteiger partial charge >= 0.3 is 0 Å². The molecule has 0 bridgehead atoms. The second-order valence-electron chi connectivity index (χ2n) is 6.68. The quantitative estimate of drug-likeness (QED) is 0.635. The van der Waals surface area contributed by atoms with Crippen LogP contribution in [0.1, 0.15) is 16.8 Å². The second kappa shape index (κ2) is 7.56. The number of benzene rings is 2. The Morgan fingerprint density at radius 2 is 1.82 bits per heavy atom. The van der Waals surface area contributed by atoms with Crippen molar-refractivity contribution < 1.29 is 14.4 Å². The van der Waals surface area contributed by atoms with E-state index in [9.17, 15) is 14.4 Å². The summed E-state index contributed by atoms with van der Waals surface area (Å²) in [5.74, 6) is -1.06. The second-order valence-corrected chi connectivity index (χ2v) is 6.68. The van der Waals surface area contributed by atoms with Crippen molar-refractivity contribution >= 4 is 34.3 Å². The number of anilines is 1. The lowest BCUT2D eigenvalue weighted by atomic mass is 10.1. The minimum Gasteiger partial charge on any atom is -0.354 e. The van der Waals surface area contributed by atoms with Crippen LogP contribution in [0, 0.1) is 0 Å². The highest BCUT2D eigenvalue weighted by Gasteiger charge is 2.29. The Labute approximate surface area is 161 Å². The van der Waals surface area contributed by atoms with Crippen molar-refractivity contribution in [2.24, 2.45) is 0 Å². The molecule has 3 aromatic rings. The highest BCUT2D eigenvalue weighted by Crippen LogP contribution is 2.19. The average molecular weight is 376 g/mol. The molecule has 1 aliphatic rings. The number of hydrogen-bond donors (Lipinski definition) is 3. The molecule has 3 N–H and O–H groups in total. The highest BCUT2D eigenvalue weighted by molar-refractivity contribution is 6.10. The number of hydrogen-bond acceptors (Lipinski definition) is 3. The molecule has 0 radical (unpaired) electrons. The van der Waals surface area contributed by atoms with E-state index in [4.69, 9.17) is 0 Å². The van der Waals surface area contributed by atoms with Crippen LogP contribution in [0.5, 0.6) is 0 Å². The fourth-order valence-electron chi connectivity index (χ4n) is 3.36. The third-order valence-corrected chi connectivity index (χ3v) is 4.80. The van der Waals surface area contributed by atoms with Crippen LogP contribution in [0.2, 0.25) is 0 Å². The van der Waals surface area contributed by atoms with E-state index in [0.717, 1.165) is 10.9 Å². The number of fused-ring (bicyclic) bond motifs is 2. The molecule has 2 heterocycles. The van der Waals surface area contributed by atoms with Crippen LogP contribution in [0.4, 0.5) is 5.69 Å². The molecule has 7 heteroatoms. The highest BCUT2D eigenvalue weighted by atomic mass is 16.2. The number of rotatable bonds is 5. The first-order valence-corrected chi connectivity index (χ1v) is 9.13. The van der Waals surface area contributed by atoms with Gasteiger partial charge in [-0.3, -0.25) is 14.4 Å². The van der Waals surface area contributed by atoms with Crippen molar-refractivity contribution in [3.63, 3.8) is 0 Å². The van der Waals surface area contributed by atoms with Crippen molar-refractivity contribution in [3.8, 4) is 0 Å². The zero-order valence-electron chi connectivity index (χ0n) is 15.1.